The lowest BCUT2D eigenvalue weighted by Crippen LogP contribution is -2.72. The Hall–Kier alpha value is -3.09. The molecule has 3 N–H and O–H groups in total. The maximum Gasteiger partial charge on any atom is 0.327 e. The SMILES string of the molecule is CN1C(=O)C2C(SCC(=O)Nc3ccc(F)cc3F)NC(c3ccc(F)cc3)NC2N(C)C1=O. The van der Waals surface area contributed by atoms with Crippen molar-refractivity contribution >= 4 is 35.3 Å². The number of hydrogen-bond donors (Lipinski definition) is 3. The van der Waals surface area contributed by atoms with E-state index in [1.165, 1.54) is 24.1 Å². The van der Waals surface area contributed by atoms with Crippen LogP contribution in [0.15, 0.2) is 42.5 Å². The second kappa shape index (κ2) is 9.65. The van der Waals surface area contributed by atoms with Crippen LogP contribution < -0.4 is 16.0 Å². The zero-order valence-electron chi connectivity index (χ0n) is 18.2. The molecule has 2 heterocycles. The second-order valence-corrected chi connectivity index (χ2v) is 9.11. The quantitative estimate of drug-likeness (QED) is 0.593. The van der Waals surface area contributed by atoms with Crippen molar-refractivity contribution in [1.82, 2.24) is 20.4 Å². The number of nitrogens with one attached hydrogen (secondary N) is 3. The monoisotopic (exact) mass is 493 g/mol. The predicted molar refractivity (Wildman–Crippen MR) is 120 cm³/mol. The smallest absolute Gasteiger partial charge is 0.323 e. The average Bonchev–Trinajstić information content (AvgIpc) is 2.81. The Morgan fingerprint density at radius 2 is 1.71 bits per heavy atom. The summed E-state index contributed by atoms with van der Waals surface area (Å²) in [4.78, 5) is 40.4. The van der Waals surface area contributed by atoms with Gasteiger partial charge in [-0.3, -0.25) is 25.1 Å². The number of carbonyl (C=O) groups excluding carboxylic acids is 3. The molecular weight excluding hydrogens is 471 g/mol. The van der Waals surface area contributed by atoms with E-state index in [2.05, 4.69) is 16.0 Å². The zero-order valence-corrected chi connectivity index (χ0v) is 19.0. The molecule has 2 saturated heterocycles. The molecule has 12 heteroatoms. The lowest BCUT2D eigenvalue weighted by molar-refractivity contribution is -0.140. The molecule has 8 nitrogen and oxygen atoms in total. The summed E-state index contributed by atoms with van der Waals surface area (Å²) in [6.07, 6.45) is -1.22. The van der Waals surface area contributed by atoms with Crippen molar-refractivity contribution in [3.05, 3.63) is 65.5 Å². The van der Waals surface area contributed by atoms with Crippen LogP contribution in [0.2, 0.25) is 0 Å². The van der Waals surface area contributed by atoms with Gasteiger partial charge in [0.2, 0.25) is 11.8 Å². The first-order chi connectivity index (χ1) is 16.2. The molecule has 2 fully saturated rings. The molecule has 180 valence electrons. The van der Waals surface area contributed by atoms with Crippen LogP contribution in [0.25, 0.3) is 0 Å². The predicted octanol–water partition coefficient (Wildman–Crippen LogP) is 2.46. The fourth-order valence-electron chi connectivity index (χ4n) is 3.99. The van der Waals surface area contributed by atoms with E-state index in [1.807, 2.05) is 0 Å². The fourth-order valence-corrected chi connectivity index (χ4v) is 5.10. The fraction of sp³-hybridized carbons (Fsp3) is 0.318. The van der Waals surface area contributed by atoms with Crippen LogP contribution in [0.4, 0.5) is 23.7 Å². The minimum absolute atomic E-state index is 0.150. The van der Waals surface area contributed by atoms with Crippen LogP contribution in [0.1, 0.15) is 11.7 Å². The molecule has 4 amide bonds. The van der Waals surface area contributed by atoms with Gasteiger partial charge in [0.1, 0.15) is 17.5 Å². The summed E-state index contributed by atoms with van der Waals surface area (Å²) in [6, 6.07) is 8.08. The molecule has 2 aromatic carbocycles. The Bertz CT molecular complexity index is 1120. The Labute approximate surface area is 197 Å². The van der Waals surface area contributed by atoms with Gasteiger partial charge in [0.25, 0.3) is 0 Å². The molecule has 34 heavy (non-hydrogen) atoms. The van der Waals surface area contributed by atoms with Crippen LogP contribution >= 0.6 is 11.8 Å². The van der Waals surface area contributed by atoms with Crippen LogP contribution in [-0.2, 0) is 9.59 Å². The summed E-state index contributed by atoms with van der Waals surface area (Å²) >= 11 is 1.11. The number of hydrogen-bond acceptors (Lipinski definition) is 6. The molecule has 4 rings (SSSR count). The Balaban J connectivity index is 1.53. The van der Waals surface area contributed by atoms with Crippen molar-refractivity contribution < 1.29 is 27.6 Å². The zero-order chi connectivity index (χ0) is 24.6. The van der Waals surface area contributed by atoms with Crippen molar-refractivity contribution in [1.29, 1.82) is 0 Å². The van der Waals surface area contributed by atoms with Crippen LogP contribution in [0, 0.1) is 23.4 Å². The van der Waals surface area contributed by atoms with E-state index >= 15 is 0 Å². The summed E-state index contributed by atoms with van der Waals surface area (Å²) in [5.74, 6) is -3.93. The number of nitrogens with zero attached hydrogens (tertiary/aromatic N) is 2. The number of carbonyl (C=O) groups is 3. The van der Waals surface area contributed by atoms with E-state index in [0.717, 1.165) is 28.8 Å². The maximum absolute atomic E-state index is 13.9. The van der Waals surface area contributed by atoms with Gasteiger partial charge < -0.3 is 10.2 Å². The molecular formula is C22H22F3N5O3S. The summed E-state index contributed by atoms with van der Waals surface area (Å²) in [5, 5.41) is 8.24. The maximum atomic E-state index is 13.9. The van der Waals surface area contributed by atoms with Crippen LogP contribution in [0.5, 0.6) is 0 Å². The molecule has 2 aliphatic heterocycles. The van der Waals surface area contributed by atoms with E-state index < -0.39 is 58.9 Å². The number of fused-ring (bicyclic) bond motifs is 1. The summed E-state index contributed by atoms with van der Waals surface area (Å²) in [6.45, 7) is 0. The van der Waals surface area contributed by atoms with E-state index in [9.17, 15) is 27.6 Å². The van der Waals surface area contributed by atoms with Crippen molar-refractivity contribution in [2.75, 3.05) is 25.2 Å². The molecule has 0 radical (unpaired) electrons. The molecule has 2 aromatic rings. The Kier molecular flexibility index (Phi) is 6.82. The van der Waals surface area contributed by atoms with Gasteiger partial charge in [-0.1, -0.05) is 12.1 Å². The van der Waals surface area contributed by atoms with Gasteiger partial charge in [0.05, 0.1) is 35.1 Å². The summed E-state index contributed by atoms with van der Waals surface area (Å²) in [7, 11) is 2.95. The first-order valence-corrected chi connectivity index (χ1v) is 11.4. The van der Waals surface area contributed by atoms with Gasteiger partial charge in [-0.15, -0.1) is 11.8 Å². The van der Waals surface area contributed by atoms with E-state index in [4.69, 9.17) is 0 Å². The molecule has 4 atom stereocenters. The van der Waals surface area contributed by atoms with Crippen molar-refractivity contribution in [2.45, 2.75) is 17.7 Å². The van der Waals surface area contributed by atoms with Gasteiger partial charge in [0, 0.05) is 20.2 Å². The molecule has 0 aromatic heterocycles. The highest BCUT2D eigenvalue weighted by Gasteiger charge is 2.51. The standard InChI is InChI=1S/C22H22F3N5O3S/c1-29-19-17(21(32)30(2)22(29)33)20(28-18(27-19)11-3-5-12(23)6-4-11)34-10-16(31)26-15-8-7-13(24)9-14(15)25/h3-9,17-20,27-28H,10H2,1-2H3,(H,26,31). The highest BCUT2D eigenvalue weighted by atomic mass is 32.2. The number of amides is 4. The Morgan fingerprint density at radius 3 is 2.38 bits per heavy atom. The normalized spacial score (nSPS) is 24.7. The molecule has 0 spiro atoms. The van der Waals surface area contributed by atoms with Gasteiger partial charge in [0.15, 0.2) is 0 Å². The average molecular weight is 494 g/mol. The molecule has 0 aliphatic carbocycles. The van der Waals surface area contributed by atoms with Crippen LogP contribution in [0.3, 0.4) is 0 Å². The second-order valence-electron chi connectivity index (χ2n) is 7.98. The lowest BCUT2D eigenvalue weighted by Gasteiger charge is -2.50. The molecule has 0 bridgehead atoms. The third kappa shape index (κ3) is 4.74. The van der Waals surface area contributed by atoms with Crippen molar-refractivity contribution in [3.8, 4) is 0 Å². The van der Waals surface area contributed by atoms with Gasteiger partial charge in [-0.05, 0) is 29.8 Å². The van der Waals surface area contributed by atoms with Gasteiger partial charge in [-0.2, -0.15) is 0 Å². The number of halogens is 3. The number of thioether (sulfide) groups is 1. The summed E-state index contributed by atoms with van der Waals surface area (Å²) < 4.78 is 40.4. The molecule has 0 saturated carbocycles. The van der Waals surface area contributed by atoms with Gasteiger partial charge in [-0.25, -0.2) is 18.0 Å². The number of anilines is 1. The largest absolute Gasteiger partial charge is 0.327 e. The first kappa shape index (κ1) is 24.0. The molecule has 2 aliphatic rings. The lowest BCUT2D eigenvalue weighted by atomic mass is 9.96. The topological polar surface area (TPSA) is 93.8 Å². The third-order valence-electron chi connectivity index (χ3n) is 5.76. The van der Waals surface area contributed by atoms with Crippen molar-refractivity contribution in [3.63, 3.8) is 0 Å². The first-order valence-electron chi connectivity index (χ1n) is 10.3. The minimum Gasteiger partial charge on any atom is -0.323 e. The number of imide groups is 1. The number of urea groups is 1. The number of rotatable bonds is 5. The van der Waals surface area contributed by atoms with E-state index in [1.54, 1.807) is 19.2 Å². The summed E-state index contributed by atoms with van der Waals surface area (Å²) in [5.41, 5.74) is 0.515. The number of benzene rings is 2. The van der Waals surface area contributed by atoms with Crippen molar-refractivity contribution in [2.24, 2.45) is 5.92 Å². The highest BCUT2D eigenvalue weighted by molar-refractivity contribution is 8.00. The van der Waals surface area contributed by atoms with E-state index in [-0.39, 0.29) is 11.4 Å². The van der Waals surface area contributed by atoms with Crippen LogP contribution in [-0.4, -0.2) is 59.0 Å². The van der Waals surface area contributed by atoms with Gasteiger partial charge >= 0.3 is 6.03 Å². The third-order valence-corrected chi connectivity index (χ3v) is 6.98. The molecule has 4 unspecified atom stereocenters. The minimum atomic E-state index is -0.904. The highest BCUT2D eigenvalue weighted by Crippen LogP contribution is 2.34. The Morgan fingerprint density at radius 1 is 1.03 bits per heavy atom. The van der Waals surface area contributed by atoms with E-state index in [0.29, 0.717) is 11.6 Å².